The average Bonchev–Trinajstić information content (AvgIpc) is 3.60. The summed E-state index contributed by atoms with van der Waals surface area (Å²) in [5.74, 6) is -0.409. The van der Waals surface area contributed by atoms with Crippen molar-refractivity contribution >= 4 is 27.3 Å². The number of amides is 1. The summed E-state index contributed by atoms with van der Waals surface area (Å²) in [7, 11) is -4.44. The van der Waals surface area contributed by atoms with Gasteiger partial charge in [-0.05, 0) is 72.5 Å². The number of rotatable bonds is 7. The number of carbonyl (C=O) groups is 1. The quantitative estimate of drug-likeness (QED) is 0.376. The molecule has 0 aliphatic carbocycles. The van der Waals surface area contributed by atoms with Gasteiger partial charge in [0.1, 0.15) is 0 Å². The second kappa shape index (κ2) is 11.0. The minimum Gasteiger partial charge on any atom is -0.377 e. The first-order chi connectivity index (χ1) is 18.6. The lowest BCUT2D eigenvalue weighted by Gasteiger charge is -2.38. The Bertz CT molecular complexity index is 1450. The van der Waals surface area contributed by atoms with Gasteiger partial charge in [-0.25, -0.2) is 8.42 Å². The highest BCUT2D eigenvalue weighted by Gasteiger charge is 2.38. The minimum atomic E-state index is -4.70. The van der Waals surface area contributed by atoms with E-state index in [4.69, 9.17) is 4.74 Å². The Morgan fingerprint density at radius 3 is 2.64 bits per heavy atom. The highest BCUT2D eigenvalue weighted by atomic mass is 32.2. The minimum absolute atomic E-state index is 0.114. The zero-order valence-electron chi connectivity index (χ0n) is 21.4. The smallest absolute Gasteiger partial charge is 0.377 e. The van der Waals surface area contributed by atoms with Crippen LogP contribution in [0.2, 0.25) is 0 Å². The molecule has 0 N–H and O–H groups in total. The van der Waals surface area contributed by atoms with Crippen LogP contribution in [0.25, 0.3) is 0 Å². The molecular weight excluding hydrogens is 549 g/mol. The van der Waals surface area contributed by atoms with E-state index < -0.39 is 45.2 Å². The highest BCUT2D eigenvalue weighted by molar-refractivity contribution is 7.89. The first-order valence-corrected chi connectivity index (χ1v) is 15.1. The molecule has 0 radical (unpaired) electrons. The summed E-state index contributed by atoms with van der Waals surface area (Å²) < 4.78 is 74.2. The Hall–Kier alpha value is -2.73. The van der Waals surface area contributed by atoms with Crippen molar-refractivity contribution in [2.24, 2.45) is 0 Å². The molecule has 1 amide bonds. The van der Waals surface area contributed by atoms with Crippen molar-refractivity contribution in [3.8, 4) is 0 Å². The third kappa shape index (κ3) is 5.77. The fourth-order valence-corrected chi connectivity index (χ4v) is 7.67. The molecule has 0 saturated carbocycles. The lowest BCUT2D eigenvalue weighted by Crippen LogP contribution is -2.48. The maximum Gasteiger partial charge on any atom is 0.416 e. The van der Waals surface area contributed by atoms with E-state index in [1.54, 1.807) is 16.2 Å². The Kier molecular flexibility index (Phi) is 7.87. The number of sulfonamides is 1. The molecule has 2 aliphatic rings. The molecule has 11 heteroatoms. The summed E-state index contributed by atoms with van der Waals surface area (Å²) in [5.41, 5.74) is 1.91. The molecule has 2 aliphatic heterocycles. The molecule has 3 aromatic rings. The summed E-state index contributed by atoms with van der Waals surface area (Å²) in [4.78, 5) is 16.3. The van der Waals surface area contributed by atoms with Crippen molar-refractivity contribution in [2.75, 3.05) is 26.2 Å². The number of nitrogens with zero attached hydrogens (tertiary/aromatic N) is 2. The summed E-state index contributed by atoms with van der Waals surface area (Å²) >= 11 is 1.63. The lowest BCUT2D eigenvalue weighted by atomic mass is 9.90. The predicted octanol–water partition coefficient (Wildman–Crippen LogP) is 5.42. The number of thiophene rings is 1. The van der Waals surface area contributed by atoms with Crippen LogP contribution in [-0.2, 0) is 32.2 Å². The van der Waals surface area contributed by atoms with Crippen molar-refractivity contribution in [2.45, 2.75) is 49.4 Å². The first-order valence-electron chi connectivity index (χ1n) is 12.8. The first kappa shape index (κ1) is 27.8. The Balaban J connectivity index is 1.49. The van der Waals surface area contributed by atoms with Gasteiger partial charge in [-0.3, -0.25) is 4.79 Å². The molecule has 3 heterocycles. The van der Waals surface area contributed by atoms with Gasteiger partial charge >= 0.3 is 6.18 Å². The van der Waals surface area contributed by atoms with Crippen LogP contribution in [0.1, 0.15) is 46.0 Å². The number of fused-ring (bicyclic) bond motifs is 1. The molecule has 6 nitrogen and oxygen atoms in total. The molecule has 2 atom stereocenters. The maximum atomic E-state index is 13.9. The van der Waals surface area contributed by atoms with Crippen LogP contribution in [0.5, 0.6) is 0 Å². The van der Waals surface area contributed by atoms with Gasteiger partial charge in [-0.1, -0.05) is 30.3 Å². The molecule has 5 rings (SSSR count). The summed E-state index contributed by atoms with van der Waals surface area (Å²) in [5, 5.41) is 1.99. The van der Waals surface area contributed by atoms with E-state index in [9.17, 15) is 26.4 Å². The van der Waals surface area contributed by atoms with Crippen molar-refractivity contribution in [1.29, 1.82) is 0 Å². The maximum absolute atomic E-state index is 13.9. The van der Waals surface area contributed by atoms with Crippen LogP contribution in [0.4, 0.5) is 13.2 Å². The van der Waals surface area contributed by atoms with E-state index in [0.29, 0.717) is 32.1 Å². The zero-order valence-corrected chi connectivity index (χ0v) is 23.0. The summed E-state index contributed by atoms with van der Waals surface area (Å²) in [6.45, 7) is 2.23. The number of hydrogen-bond donors (Lipinski definition) is 0. The van der Waals surface area contributed by atoms with Gasteiger partial charge in [0.05, 0.1) is 29.1 Å². The third-order valence-electron chi connectivity index (χ3n) is 7.31. The molecule has 1 saturated heterocycles. The Morgan fingerprint density at radius 2 is 1.92 bits per heavy atom. The SMILES string of the molecule is Cc1ccccc1C1c2ccsc2CCN1C(=O)CN(CC1CCCO1)S(=O)(=O)c1cccc(C(F)(F)F)c1. The van der Waals surface area contributed by atoms with E-state index in [2.05, 4.69) is 0 Å². The van der Waals surface area contributed by atoms with Gasteiger partial charge < -0.3 is 9.64 Å². The Labute approximate surface area is 230 Å². The molecule has 1 aromatic heterocycles. The fourth-order valence-electron chi connectivity index (χ4n) is 5.30. The zero-order chi connectivity index (χ0) is 27.8. The second-order valence-corrected chi connectivity index (χ2v) is 12.8. The molecule has 39 heavy (non-hydrogen) atoms. The van der Waals surface area contributed by atoms with E-state index in [0.717, 1.165) is 45.6 Å². The van der Waals surface area contributed by atoms with Gasteiger partial charge in [0.15, 0.2) is 0 Å². The van der Waals surface area contributed by atoms with Gasteiger partial charge in [0.25, 0.3) is 0 Å². The number of benzene rings is 2. The molecule has 2 unspecified atom stereocenters. The molecule has 2 aromatic carbocycles. The van der Waals surface area contributed by atoms with Crippen molar-refractivity contribution in [3.05, 3.63) is 87.1 Å². The molecule has 208 valence electrons. The van der Waals surface area contributed by atoms with Gasteiger partial charge in [-0.2, -0.15) is 17.5 Å². The normalized spacial score (nSPS) is 19.9. The van der Waals surface area contributed by atoms with Gasteiger partial charge in [0, 0.05) is 24.6 Å². The molecular formula is C28H29F3N2O4S2. The van der Waals surface area contributed by atoms with Crippen LogP contribution < -0.4 is 0 Å². The van der Waals surface area contributed by atoms with E-state index in [-0.39, 0.29) is 12.6 Å². The van der Waals surface area contributed by atoms with Crippen LogP contribution in [0.15, 0.2) is 64.9 Å². The van der Waals surface area contributed by atoms with Gasteiger partial charge in [0.2, 0.25) is 15.9 Å². The van der Waals surface area contributed by atoms with Crippen LogP contribution in [0.3, 0.4) is 0 Å². The molecule has 0 bridgehead atoms. The third-order valence-corrected chi connectivity index (χ3v) is 10.1. The van der Waals surface area contributed by atoms with Crippen molar-refractivity contribution < 1.29 is 31.1 Å². The number of carbonyl (C=O) groups excluding carboxylic acids is 1. The molecule has 0 spiro atoms. The van der Waals surface area contributed by atoms with E-state index in [1.807, 2.05) is 42.6 Å². The van der Waals surface area contributed by atoms with Crippen LogP contribution >= 0.6 is 11.3 Å². The van der Waals surface area contributed by atoms with Gasteiger partial charge in [-0.15, -0.1) is 11.3 Å². The van der Waals surface area contributed by atoms with Crippen molar-refractivity contribution in [3.63, 3.8) is 0 Å². The standard InChI is InChI=1S/C28H29F3N2O4S2/c1-19-6-2-3-10-23(19)27-24-12-15-38-25(24)11-13-33(27)26(34)18-32(17-21-8-5-14-37-21)39(35,36)22-9-4-7-20(16-22)28(29,30)31/h2-4,6-7,9-10,12,15-16,21,27H,5,8,11,13-14,17-18H2,1H3. The number of aryl methyl sites for hydroxylation is 1. The topological polar surface area (TPSA) is 66.9 Å². The highest BCUT2D eigenvalue weighted by Crippen LogP contribution is 2.39. The summed E-state index contributed by atoms with van der Waals surface area (Å²) in [6, 6.07) is 13.0. The van der Waals surface area contributed by atoms with Crippen LogP contribution in [-0.4, -0.2) is 55.9 Å². The number of alkyl halides is 3. The Morgan fingerprint density at radius 1 is 1.13 bits per heavy atom. The van der Waals surface area contributed by atoms with Crippen molar-refractivity contribution in [1.82, 2.24) is 9.21 Å². The molecule has 1 fully saturated rings. The fraction of sp³-hybridized carbons (Fsp3) is 0.393. The van der Waals surface area contributed by atoms with E-state index in [1.165, 1.54) is 4.88 Å². The second-order valence-electron chi connectivity index (χ2n) is 9.85. The number of hydrogen-bond acceptors (Lipinski definition) is 5. The average molecular weight is 579 g/mol. The predicted molar refractivity (Wildman–Crippen MR) is 142 cm³/mol. The number of ether oxygens (including phenoxy) is 1. The van der Waals surface area contributed by atoms with E-state index >= 15 is 0 Å². The lowest BCUT2D eigenvalue weighted by molar-refractivity contribution is -0.138. The summed E-state index contributed by atoms with van der Waals surface area (Å²) in [6.07, 6.45) is -3.13. The number of halogens is 3. The monoisotopic (exact) mass is 578 g/mol. The largest absolute Gasteiger partial charge is 0.416 e. The van der Waals surface area contributed by atoms with Crippen LogP contribution in [0, 0.1) is 6.92 Å².